The van der Waals surface area contributed by atoms with Crippen molar-refractivity contribution < 1.29 is 37.8 Å². The van der Waals surface area contributed by atoms with Gasteiger partial charge in [-0.1, -0.05) is 11.6 Å². The highest BCUT2D eigenvalue weighted by Gasteiger charge is 2.33. The summed E-state index contributed by atoms with van der Waals surface area (Å²) in [4.78, 5) is 51.6. The van der Waals surface area contributed by atoms with Crippen molar-refractivity contribution in [2.75, 3.05) is 43.0 Å². The van der Waals surface area contributed by atoms with Gasteiger partial charge in [0.2, 0.25) is 5.91 Å². The van der Waals surface area contributed by atoms with Crippen LogP contribution in [0.3, 0.4) is 0 Å². The second-order valence-electron chi connectivity index (χ2n) is 7.49. The molecule has 0 radical (unpaired) electrons. The Morgan fingerprint density at radius 1 is 1.03 bits per heavy atom. The predicted octanol–water partition coefficient (Wildman–Crippen LogP) is 4.68. The molecule has 1 aromatic rings. The molecule has 8 nitrogen and oxygen atoms in total. The van der Waals surface area contributed by atoms with Gasteiger partial charge in [0, 0.05) is 22.6 Å². The molecule has 0 fully saturated rings. The second-order valence-corrected chi connectivity index (χ2v) is 9.18. The number of anilines is 1. The van der Waals surface area contributed by atoms with Crippen molar-refractivity contribution in [3.8, 4) is 0 Å². The Morgan fingerprint density at radius 2 is 1.72 bits per heavy atom. The van der Waals surface area contributed by atoms with E-state index in [4.69, 9.17) is 37.4 Å². The van der Waals surface area contributed by atoms with Gasteiger partial charge in [0.05, 0.1) is 29.7 Å². The molecular formula is C24H28Cl2FNO7S. The Bertz CT molecular complexity index is 1020. The molecule has 198 valence electrons. The van der Waals surface area contributed by atoms with Gasteiger partial charge in [-0.3, -0.25) is 14.4 Å². The molecule has 36 heavy (non-hydrogen) atoms. The summed E-state index contributed by atoms with van der Waals surface area (Å²) >= 11 is 12.9. The first-order valence-corrected chi connectivity index (χ1v) is 13.3. The van der Waals surface area contributed by atoms with E-state index in [0.29, 0.717) is 24.3 Å². The Labute approximate surface area is 223 Å². The zero-order valence-corrected chi connectivity index (χ0v) is 22.4. The number of imide groups is 1. The van der Waals surface area contributed by atoms with Crippen LogP contribution in [0.2, 0.25) is 5.02 Å². The van der Waals surface area contributed by atoms with Gasteiger partial charge >= 0.3 is 11.9 Å². The highest BCUT2D eigenvalue weighted by Crippen LogP contribution is 2.36. The summed E-state index contributed by atoms with van der Waals surface area (Å²) in [6.07, 6.45) is 1.74. The molecular weight excluding hydrogens is 536 g/mol. The summed E-state index contributed by atoms with van der Waals surface area (Å²) in [6, 6.07) is 2.15. The smallest absolute Gasteiger partial charge is 0.334 e. The van der Waals surface area contributed by atoms with E-state index in [0.717, 1.165) is 17.8 Å². The van der Waals surface area contributed by atoms with E-state index in [1.807, 2.05) is 0 Å². The third kappa shape index (κ3) is 8.19. The van der Waals surface area contributed by atoms with Gasteiger partial charge in [-0.2, -0.15) is 0 Å². The van der Waals surface area contributed by atoms with Crippen LogP contribution in [0, 0.1) is 5.82 Å². The van der Waals surface area contributed by atoms with Gasteiger partial charge < -0.3 is 14.2 Å². The molecule has 1 aliphatic carbocycles. The lowest BCUT2D eigenvalue weighted by atomic mass is 9.90. The van der Waals surface area contributed by atoms with E-state index in [1.165, 1.54) is 6.07 Å². The van der Waals surface area contributed by atoms with Crippen molar-refractivity contribution in [2.45, 2.75) is 44.4 Å². The van der Waals surface area contributed by atoms with Crippen LogP contribution in [0.1, 0.15) is 39.5 Å². The molecule has 0 saturated heterocycles. The predicted molar refractivity (Wildman–Crippen MR) is 135 cm³/mol. The van der Waals surface area contributed by atoms with Crippen LogP contribution in [0.15, 0.2) is 28.2 Å². The maximum atomic E-state index is 15.0. The third-order valence-corrected chi connectivity index (χ3v) is 6.78. The molecule has 1 aromatic carbocycles. The summed E-state index contributed by atoms with van der Waals surface area (Å²) in [6.45, 7) is 4.34. The monoisotopic (exact) mass is 563 g/mol. The van der Waals surface area contributed by atoms with Crippen molar-refractivity contribution in [1.82, 2.24) is 0 Å². The van der Waals surface area contributed by atoms with Crippen LogP contribution in [0.4, 0.5) is 10.1 Å². The number of carbonyl (C=O) groups is 4. The minimum absolute atomic E-state index is 0.00767. The fourth-order valence-corrected chi connectivity index (χ4v) is 4.66. The molecule has 0 aliphatic heterocycles. The van der Waals surface area contributed by atoms with E-state index in [9.17, 15) is 19.2 Å². The van der Waals surface area contributed by atoms with E-state index < -0.39 is 35.5 Å². The first-order valence-electron chi connectivity index (χ1n) is 11.4. The first kappa shape index (κ1) is 30.1. The molecule has 2 rings (SSSR count). The topological polar surface area (TPSA) is 99.2 Å². The van der Waals surface area contributed by atoms with Crippen molar-refractivity contribution >= 4 is 64.4 Å². The van der Waals surface area contributed by atoms with E-state index >= 15 is 4.39 Å². The van der Waals surface area contributed by atoms with Gasteiger partial charge in [0.25, 0.3) is 5.91 Å². The highest BCUT2D eigenvalue weighted by molar-refractivity contribution is 8.00. The number of hydrogen-bond acceptors (Lipinski definition) is 8. The van der Waals surface area contributed by atoms with Crippen molar-refractivity contribution in [3.05, 3.63) is 34.1 Å². The molecule has 1 aliphatic rings. The fraction of sp³-hybridized carbons (Fsp3) is 0.500. The third-order valence-electron chi connectivity index (χ3n) is 5.10. The zero-order chi connectivity index (χ0) is 26.7. The summed E-state index contributed by atoms with van der Waals surface area (Å²) in [5.74, 6) is -4.60. The van der Waals surface area contributed by atoms with Crippen LogP contribution >= 0.6 is 35.0 Å². The van der Waals surface area contributed by atoms with E-state index in [2.05, 4.69) is 0 Å². The number of alkyl halides is 1. The number of nitrogens with zero attached hydrogens (tertiary/aromatic N) is 1. The Balaban J connectivity index is 2.43. The largest absolute Gasteiger partial charge is 0.465 e. The lowest BCUT2D eigenvalue weighted by Crippen LogP contribution is -2.40. The molecule has 0 spiro atoms. The molecule has 0 unspecified atom stereocenters. The van der Waals surface area contributed by atoms with Crippen molar-refractivity contribution in [2.24, 2.45) is 0 Å². The number of carbonyl (C=O) groups excluding carboxylic acids is 4. The van der Waals surface area contributed by atoms with Gasteiger partial charge in [0.15, 0.2) is 0 Å². The highest BCUT2D eigenvalue weighted by atomic mass is 35.5. The standard InChI is InChI=1S/C24H28Cl2FNO7S/c1-3-33-9-10-35-24(32)16-8-6-5-7-15(16)23(31)28(21(29)13-25)19-12-20(17(26)11-18(19)27)36-14-22(30)34-4-2/h11-12H,3-10,13-14H2,1-2H3. The molecule has 0 N–H and O–H groups in total. The van der Waals surface area contributed by atoms with E-state index in [1.54, 1.807) is 13.8 Å². The van der Waals surface area contributed by atoms with Gasteiger partial charge in [-0.15, -0.1) is 23.4 Å². The first-order chi connectivity index (χ1) is 17.2. The van der Waals surface area contributed by atoms with Crippen LogP contribution in [-0.4, -0.2) is 61.8 Å². The average molecular weight is 564 g/mol. The molecule has 12 heteroatoms. The summed E-state index contributed by atoms with van der Waals surface area (Å²) in [5.41, 5.74) is -0.179. The quantitative estimate of drug-likeness (QED) is 0.156. The van der Waals surface area contributed by atoms with Crippen molar-refractivity contribution in [3.63, 3.8) is 0 Å². The molecule has 0 heterocycles. The van der Waals surface area contributed by atoms with Gasteiger partial charge in [-0.05, 0) is 51.7 Å². The zero-order valence-electron chi connectivity index (χ0n) is 20.1. The number of thioether (sulfide) groups is 1. The van der Waals surface area contributed by atoms with Crippen molar-refractivity contribution in [1.29, 1.82) is 0 Å². The van der Waals surface area contributed by atoms with Gasteiger partial charge in [-0.25, -0.2) is 14.1 Å². The maximum absolute atomic E-state index is 15.0. The number of halogens is 3. The molecule has 0 aromatic heterocycles. The SMILES string of the molecule is CCOCCOC(=O)C1=C(C(=O)N(C(=O)CCl)c2cc(SCC(=O)OCC)c(Cl)cc2F)CCCC1. The minimum Gasteiger partial charge on any atom is -0.465 e. The van der Waals surface area contributed by atoms with Crippen LogP contribution < -0.4 is 4.90 Å². The molecule has 0 saturated carbocycles. The van der Waals surface area contributed by atoms with E-state index in [-0.39, 0.29) is 65.2 Å². The number of amides is 2. The normalized spacial score (nSPS) is 13.4. The number of ether oxygens (including phenoxy) is 3. The summed E-state index contributed by atoms with van der Waals surface area (Å²) < 4.78 is 30.3. The van der Waals surface area contributed by atoms with Crippen LogP contribution in [-0.2, 0) is 33.4 Å². The lowest BCUT2D eigenvalue weighted by Gasteiger charge is -2.26. The van der Waals surface area contributed by atoms with Crippen LogP contribution in [0.25, 0.3) is 0 Å². The Kier molecular flexibility index (Phi) is 12.7. The number of esters is 2. The Morgan fingerprint density at radius 3 is 2.36 bits per heavy atom. The molecule has 2 amide bonds. The maximum Gasteiger partial charge on any atom is 0.334 e. The number of benzene rings is 1. The minimum atomic E-state index is -0.940. The molecule has 0 atom stereocenters. The number of rotatable bonds is 12. The fourth-order valence-electron chi connectivity index (χ4n) is 3.48. The van der Waals surface area contributed by atoms with Crippen LogP contribution in [0.5, 0.6) is 0 Å². The summed E-state index contributed by atoms with van der Waals surface area (Å²) in [5, 5.41) is -0.00767. The Hall–Kier alpha value is -2.14. The number of hydrogen-bond donors (Lipinski definition) is 0. The lowest BCUT2D eigenvalue weighted by molar-refractivity contribution is -0.141. The summed E-state index contributed by atoms with van der Waals surface area (Å²) in [7, 11) is 0. The average Bonchev–Trinajstić information content (AvgIpc) is 2.87. The second kappa shape index (κ2) is 15.2. The van der Waals surface area contributed by atoms with Gasteiger partial charge in [0.1, 0.15) is 18.3 Å². The molecule has 0 bridgehead atoms.